The Hall–Kier alpha value is -4.69. The average Bonchev–Trinajstić information content (AvgIpc) is 3.46. The summed E-state index contributed by atoms with van der Waals surface area (Å²) >= 11 is 0. The van der Waals surface area contributed by atoms with Crippen LogP contribution in [0.15, 0.2) is 121 Å². The molecule has 0 N–H and O–H groups in total. The van der Waals surface area contributed by atoms with Crippen LogP contribution in [-0.4, -0.2) is 5.78 Å². The molecule has 8 rings (SSSR count). The minimum atomic E-state index is -0.0614. The topological polar surface area (TPSA) is 20.3 Å². The van der Waals surface area contributed by atoms with Crippen LogP contribution in [0.2, 0.25) is 0 Å². The lowest BCUT2D eigenvalue weighted by Gasteiger charge is -2.30. The van der Waals surface area contributed by atoms with Crippen molar-refractivity contribution in [3.63, 3.8) is 0 Å². The van der Waals surface area contributed by atoms with Gasteiger partial charge < -0.3 is 4.90 Å². The number of carbonyl (C=O) groups excluding carboxylic acids is 1. The van der Waals surface area contributed by atoms with E-state index in [0.717, 1.165) is 65.0 Å². The average molecular weight is 544 g/mol. The van der Waals surface area contributed by atoms with Gasteiger partial charge in [-0.3, -0.25) is 4.79 Å². The third-order valence-electron chi connectivity index (χ3n) is 9.53. The Kier molecular flexibility index (Phi) is 5.62. The quantitative estimate of drug-likeness (QED) is 0.225. The van der Waals surface area contributed by atoms with Crippen molar-refractivity contribution in [2.75, 3.05) is 4.90 Å². The van der Waals surface area contributed by atoms with E-state index in [1.165, 1.54) is 33.4 Å². The van der Waals surface area contributed by atoms with Crippen molar-refractivity contribution in [2.45, 2.75) is 44.9 Å². The third kappa shape index (κ3) is 3.68. The standard InChI is InChI=1S/C40H33NO/c1-40(2)35-17-9-8-13-30(35)31-24-23-29(25-36(31)40)41(28-21-19-27(20-22-28)26-11-4-3-5-12-26)37-18-10-16-34-38(37)32-14-6-7-15-33(32)39(34)42/h4,6-7,9-12,14-25H,3,5,8,13H2,1-2H3. The first-order valence-electron chi connectivity index (χ1n) is 15.1. The summed E-state index contributed by atoms with van der Waals surface area (Å²) in [6.45, 7) is 4.71. The number of allylic oxidation sites excluding steroid dienone is 8. The first-order chi connectivity index (χ1) is 20.5. The Morgan fingerprint density at radius 3 is 2.26 bits per heavy atom. The molecule has 0 aromatic heterocycles. The second-order valence-electron chi connectivity index (χ2n) is 12.3. The molecule has 0 saturated heterocycles. The summed E-state index contributed by atoms with van der Waals surface area (Å²) < 4.78 is 0. The Morgan fingerprint density at radius 2 is 1.45 bits per heavy atom. The maximum atomic E-state index is 13.5. The van der Waals surface area contributed by atoms with Gasteiger partial charge in [0.15, 0.2) is 5.78 Å². The van der Waals surface area contributed by atoms with E-state index in [2.05, 4.69) is 104 Å². The van der Waals surface area contributed by atoms with E-state index in [4.69, 9.17) is 0 Å². The Labute approximate surface area is 248 Å². The molecule has 2 nitrogen and oxygen atoms in total. The van der Waals surface area contributed by atoms with Gasteiger partial charge in [-0.1, -0.05) is 98.8 Å². The van der Waals surface area contributed by atoms with Gasteiger partial charge in [0.25, 0.3) is 0 Å². The van der Waals surface area contributed by atoms with E-state index in [1.807, 2.05) is 30.3 Å². The molecule has 0 fully saturated rings. The van der Waals surface area contributed by atoms with Crippen molar-refractivity contribution < 1.29 is 4.79 Å². The van der Waals surface area contributed by atoms with Gasteiger partial charge in [0.1, 0.15) is 0 Å². The maximum Gasteiger partial charge on any atom is 0.194 e. The number of benzene rings is 4. The van der Waals surface area contributed by atoms with E-state index in [0.29, 0.717) is 0 Å². The zero-order chi connectivity index (χ0) is 28.4. The second kappa shape index (κ2) is 9.42. The molecule has 4 aromatic carbocycles. The number of fused-ring (bicyclic) bond motifs is 5. The summed E-state index contributed by atoms with van der Waals surface area (Å²) in [6.07, 6.45) is 15.9. The van der Waals surface area contributed by atoms with Gasteiger partial charge >= 0.3 is 0 Å². The Bertz CT molecular complexity index is 1910. The molecule has 4 aliphatic carbocycles. The van der Waals surface area contributed by atoms with Crippen LogP contribution >= 0.6 is 0 Å². The van der Waals surface area contributed by atoms with Crippen LogP contribution in [0.1, 0.15) is 72.1 Å². The van der Waals surface area contributed by atoms with Crippen LogP contribution in [0.3, 0.4) is 0 Å². The van der Waals surface area contributed by atoms with Crippen molar-refractivity contribution >= 4 is 34.0 Å². The van der Waals surface area contributed by atoms with Gasteiger partial charge in [-0.15, -0.1) is 0 Å². The van der Waals surface area contributed by atoms with Gasteiger partial charge in [0, 0.05) is 33.5 Å². The van der Waals surface area contributed by atoms with Crippen LogP contribution in [0.25, 0.3) is 22.3 Å². The highest BCUT2D eigenvalue weighted by atomic mass is 16.1. The molecule has 0 unspecified atom stereocenters. The summed E-state index contributed by atoms with van der Waals surface area (Å²) in [6, 6.07) is 30.1. The predicted molar refractivity (Wildman–Crippen MR) is 175 cm³/mol. The van der Waals surface area contributed by atoms with Gasteiger partial charge in [-0.2, -0.15) is 0 Å². The fourth-order valence-corrected chi connectivity index (χ4v) is 7.43. The number of ketones is 1. The molecular weight excluding hydrogens is 510 g/mol. The third-order valence-corrected chi connectivity index (χ3v) is 9.53. The van der Waals surface area contributed by atoms with Crippen molar-refractivity contribution in [1.29, 1.82) is 0 Å². The lowest BCUT2D eigenvalue weighted by molar-refractivity contribution is 0.104. The number of carbonyl (C=O) groups is 1. The normalized spacial score (nSPS) is 17.5. The largest absolute Gasteiger partial charge is 0.310 e. The SMILES string of the molecule is CC1(C)C2=C(CCC=C2)c2ccc(N(c3ccc(C4=CCCC=C4)cc3)c3cccc4c3-c3ccccc3C4=O)cc21. The molecule has 42 heavy (non-hydrogen) atoms. The van der Waals surface area contributed by atoms with Crippen LogP contribution in [0, 0.1) is 0 Å². The fourth-order valence-electron chi connectivity index (χ4n) is 7.43. The van der Waals surface area contributed by atoms with E-state index in [-0.39, 0.29) is 11.2 Å². The van der Waals surface area contributed by atoms with Crippen LogP contribution in [0.5, 0.6) is 0 Å². The number of rotatable bonds is 4. The summed E-state index contributed by atoms with van der Waals surface area (Å²) in [4.78, 5) is 15.8. The highest BCUT2D eigenvalue weighted by Crippen LogP contribution is 2.53. The fraction of sp³-hybridized carbons (Fsp3) is 0.175. The molecule has 0 aliphatic heterocycles. The van der Waals surface area contributed by atoms with Crippen LogP contribution < -0.4 is 4.90 Å². The summed E-state index contributed by atoms with van der Waals surface area (Å²) in [5.74, 6) is 0.104. The second-order valence-corrected chi connectivity index (χ2v) is 12.3. The van der Waals surface area contributed by atoms with E-state index >= 15 is 0 Å². The molecule has 0 radical (unpaired) electrons. The van der Waals surface area contributed by atoms with E-state index in [9.17, 15) is 4.79 Å². The Morgan fingerprint density at radius 1 is 0.690 bits per heavy atom. The van der Waals surface area contributed by atoms with Gasteiger partial charge in [0.2, 0.25) is 0 Å². The van der Waals surface area contributed by atoms with Gasteiger partial charge in [-0.05, 0) is 95.0 Å². The summed E-state index contributed by atoms with van der Waals surface area (Å²) in [5.41, 5.74) is 15.0. The first kappa shape index (κ1) is 25.1. The summed E-state index contributed by atoms with van der Waals surface area (Å²) in [7, 11) is 0. The number of anilines is 3. The zero-order valence-electron chi connectivity index (χ0n) is 24.2. The lowest BCUT2D eigenvalue weighted by Crippen LogP contribution is -2.18. The van der Waals surface area contributed by atoms with Gasteiger partial charge in [0.05, 0.1) is 5.69 Å². The van der Waals surface area contributed by atoms with Crippen molar-refractivity contribution in [3.8, 4) is 11.1 Å². The zero-order valence-corrected chi connectivity index (χ0v) is 24.2. The number of hydrogen-bond acceptors (Lipinski definition) is 2. The molecule has 0 heterocycles. The molecule has 4 aliphatic rings. The number of hydrogen-bond donors (Lipinski definition) is 0. The van der Waals surface area contributed by atoms with Gasteiger partial charge in [-0.25, -0.2) is 0 Å². The maximum absolute atomic E-state index is 13.5. The van der Waals surface area contributed by atoms with Crippen molar-refractivity contribution in [1.82, 2.24) is 0 Å². The minimum absolute atomic E-state index is 0.0614. The Balaban J connectivity index is 1.32. The molecule has 0 bridgehead atoms. The molecule has 0 spiro atoms. The highest BCUT2D eigenvalue weighted by molar-refractivity contribution is 6.24. The van der Waals surface area contributed by atoms with Crippen molar-refractivity contribution in [3.05, 3.63) is 149 Å². The van der Waals surface area contributed by atoms with E-state index < -0.39 is 0 Å². The molecule has 0 amide bonds. The molecule has 2 heteroatoms. The predicted octanol–water partition coefficient (Wildman–Crippen LogP) is 10.5. The molecule has 0 saturated carbocycles. The highest BCUT2D eigenvalue weighted by Gasteiger charge is 2.38. The molecule has 0 atom stereocenters. The monoisotopic (exact) mass is 543 g/mol. The molecular formula is C40H33NO. The van der Waals surface area contributed by atoms with E-state index in [1.54, 1.807) is 0 Å². The lowest BCUT2D eigenvalue weighted by atomic mass is 9.80. The smallest absolute Gasteiger partial charge is 0.194 e. The van der Waals surface area contributed by atoms with Crippen molar-refractivity contribution in [2.24, 2.45) is 0 Å². The molecule has 204 valence electrons. The summed E-state index contributed by atoms with van der Waals surface area (Å²) in [5, 5.41) is 0. The minimum Gasteiger partial charge on any atom is -0.310 e. The molecule has 4 aromatic rings. The first-order valence-corrected chi connectivity index (χ1v) is 15.1. The van der Waals surface area contributed by atoms with Crippen LogP contribution in [-0.2, 0) is 5.41 Å². The van der Waals surface area contributed by atoms with Crippen LogP contribution in [0.4, 0.5) is 17.1 Å². The number of nitrogens with zero attached hydrogens (tertiary/aromatic N) is 1.